The average Bonchev–Trinajstić information content (AvgIpc) is 3.37. The van der Waals surface area contributed by atoms with Crippen molar-refractivity contribution in [2.24, 2.45) is 0 Å². The van der Waals surface area contributed by atoms with Gasteiger partial charge in [-0.25, -0.2) is 18.7 Å². The van der Waals surface area contributed by atoms with Crippen molar-refractivity contribution in [3.05, 3.63) is 83.4 Å². The molecular weight excluding hydrogens is 400 g/mol. The Morgan fingerprint density at radius 2 is 1.68 bits per heavy atom. The zero-order valence-corrected chi connectivity index (χ0v) is 16.8. The van der Waals surface area contributed by atoms with Crippen LogP contribution in [0.5, 0.6) is 0 Å². The SMILES string of the molecule is Cc1cccc(C)c1-c1cc(Cn2cc3nc(-c4cccc(F)c4F)nc-3cn2)on1. The highest BCUT2D eigenvalue weighted by atomic mass is 19.2. The summed E-state index contributed by atoms with van der Waals surface area (Å²) >= 11 is 0. The van der Waals surface area contributed by atoms with E-state index in [2.05, 4.69) is 20.2 Å². The van der Waals surface area contributed by atoms with Crippen molar-refractivity contribution in [3.63, 3.8) is 0 Å². The minimum atomic E-state index is -0.973. The third-order valence-electron chi connectivity index (χ3n) is 5.12. The van der Waals surface area contributed by atoms with Crippen LogP contribution in [0.2, 0.25) is 0 Å². The van der Waals surface area contributed by atoms with Gasteiger partial charge in [0.2, 0.25) is 0 Å². The predicted molar refractivity (Wildman–Crippen MR) is 110 cm³/mol. The van der Waals surface area contributed by atoms with Crippen molar-refractivity contribution in [2.45, 2.75) is 20.4 Å². The fourth-order valence-electron chi connectivity index (χ4n) is 3.63. The highest BCUT2D eigenvalue weighted by Gasteiger charge is 2.18. The first-order valence-electron chi connectivity index (χ1n) is 9.66. The monoisotopic (exact) mass is 417 g/mol. The van der Waals surface area contributed by atoms with Crippen LogP contribution in [0.25, 0.3) is 34.0 Å². The number of fused-ring (bicyclic) bond motifs is 1. The summed E-state index contributed by atoms with van der Waals surface area (Å²) in [5.74, 6) is -1.17. The molecule has 2 aromatic carbocycles. The van der Waals surface area contributed by atoms with Crippen molar-refractivity contribution in [1.29, 1.82) is 0 Å². The molecule has 0 fully saturated rings. The van der Waals surface area contributed by atoms with Crippen molar-refractivity contribution in [1.82, 2.24) is 24.9 Å². The van der Waals surface area contributed by atoms with Gasteiger partial charge in [0, 0.05) is 11.6 Å². The summed E-state index contributed by atoms with van der Waals surface area (Å²) in [5.41, 5.74) is 5.08. The molecule has 5 rings (SSSR count). The minimum absolute atomic E-state index is 0.0104. The van der Waals surface area contributed by atoms with E-state index in [0.717, 1.165) is 28.5 Å². The van der Waals surface area contributed by atoms with Crippen LogP contribution in [0.4, 0.5) is 8.78 Å². The van der Waals surface area contributed by atoms with Crippen LogP contribution in [0.15, 0.2) is 59.4 Å². The van der Waals surface area contributed by atoms with Gasteiger partial charge in [-0.1, -0.05) is 29.4 Å². The quantitative estimate of drug-likeness (QED) is 0.410. The lowest BCUT2D eigenvalue weighted by Gasteiger charge is -2.05. The van der Waals surface area contributed by atoms with Crippen molar-refractivity contribution in [2.75, 3.05) is 0 Å². The largest absolute Gasteiger partial charge is 0.359 e. The lowest BCUT2D eigenvalue weighted by molar-refractivity contribution is 0.372. The fourth-order valence-corrected chi connectivity index (χ4v) is 3.63. The molecule has 31 heavy (non-hydrogen) atoms. The Morgan fingerprint density at radius 3 is 2.48 bits per heavy atom. The number of hydrogen-bond donors (Lipinski definition) is 0. The van der Waals surface area contributed by atoms with E-state index in [1.165, 1.54) is 18.3 Å². The number of rotatable bonds is 4. The zero-order valence-electron chi connectivity index (χ0n) is 16.8. The van der Waals surface area contributed by atoms with E-state index >= 15 is 0 Å². The van der Waals surface area contributed by atoms with Gasteiger partial charge in [-0.05, 0) is 37.1 Å². The Bertz CT molecular complexity index is 1350. The molecule has 0 bridgehead atoms. The van der Waals surface area contributed by atoms with E-state index in [-0.39, 0.29) is 11.4 Å². The third-order valence-corrected chi connectivity index (χ3v) is 5.12. The Kier molecular flexibility index (Phi) is 4.54. The van der Waals surface area contributed by atoms with Crippen LogP contribution in [-0.4, -0.2) is 24.9 Å². The summed E-state index contributed by atoms with van der Waals surface area (Å²) in [6.45, 7) is 4.41. The van der Waals surface area contributed by atoms with E-state index in [0.29, 0.717) is 23.7 Å². The molecule has 0 atom stereocenters. The standard InChI is InChI=1S/C23H17F2N5O/c1-13-5-3-6-14(2)21(13)18-9-15(31-29-18)11-30-12-20-19(10-26-30)27-23(28-20)16-7-4-8-17(24)22(16)25/h3-10,12H,11H2,1-2H3. The normalized spacial score (nSPS) is 11.4. The molecule has 2 aliphatic rings. The molecule has 0 unspecified atom stereocenters. The van der Waals surface area contributed by atoms with Crippen LogP contribution >= 0.6 is 0 Å². The van der Waals surface area contributed by atoms with Gasteiger partial charge in [-0.15, -0.1) is 0 Å². The molecule has 0 saturated heterocycles. The first-order valence-corrected chi connectivity index (χ1v) is 9.66. The molecule has 0 saturated carbocycles. The summed E-state index contributed by atoms with van der Waals surface area (Å²) in [7, 11) is 0. The van der Waals surface area contributed by atoms with Crippen molar-refractivity contribution >= 4 is 0 Å². The maximum absolute atomic E-state index is 14.1. The third kappa shape index (κ3) is 3.46. The number of aromatic nitrogens is 5. The van der Waals surface area contributed by atoms with E-state index in [1.807, 2.05) is 38.1 Å². The molecule has 0 aliphatic carbocycles. The van der Waals surface area contributed by atoms with Crippen molar-refractivity contribution in [3.8, 4) is 34.0 Å². The lowest BCUT2D eigenvalue weighted by atomic mass is 10.00. The molecule has 2 aliphatic heterocycles. The molecule has 1 aromatic heterocycles. The van der Waals surface area contributed by atoms with Gasteiger partial charge in [0.15, 0.2) is 23.2 Å². The molecule has 0 spiro atoms. The summed E-state index contributed by atoms with van der Waals surface area (Å²) in [6, 6.07) is 11.9. The van der Waals surface area contributed by atoms with Crippen LogP contribution in [-0.2, 0) is 6.54 Å². The first kappa shape index (κ1) is 19.0. The van der Waals surface area contributed by atoms with Crippen LogP contribution in [0, 0.1) is 25.5 Å². The fraction of sp³-hybridized carbons (Fsp3) is 0.130. The first-order chi connectivity index (χ1) is 15.0. The highest BCUT2D eigenvalue weighted by molar-refractivity contribution is 5.67. The highest BCUT2D eigenvalue weighted by Crippen LogP contribution is 2.28. The summed E-state index contributed by atoms with van der Waals surface area (Å²) in [5, 5.41) is 8.53. The molecule has 0 N–H and O–H groups in total. The Balaban J connectivity index is 1.44. The maximum Gasteiger partial charge on any atom is 0.169 e. The molecule has 0 amide bonds. The van der Waals surface area contributed by atoms with E-state index in [1.54, 1.807) is 10.9 Å². The van der Waals surface area contributed by atoms with Gasteiger partial charge in [-0.3, -0.25) is 4.68 Å². The molecule has 8 heteroatoms. The number of aryl methyl sites for hydroxylation is 2. The Morgan fingerprint density at radius 1 is 0.935 bits per heavy atom. The molecule has 3 aromatic rings. The average molecular weight is 417 g/mol. The second kappa shape index (κ2) is 7.39. The second-order valence-corrected chi connectivity index (χ2v) is 7.34. The molecule has 154 valence electrons. The topological polar surface area (TPSA) is 69.6 Å². The van der Waals surface area contributed by atoms with Gasteiger partial charge in [-0.2, -0.15) is 5.10 Å². The van der Waals surface area contributed by atoms with Gasteiger partial charge < -0.3 is 4.52 Å². The number of hydrogen-bond acceptors (Lipinski definition) is 5. The zero-order chi connectivity index (χ0) is 21.5. The van der Waals surface area contributed by atoms with Gasteiger partial charge in [0.05, 0.1) is 18.0 Å². The minimum Gasteiger partial charge on any atom is -0.359 e. The van der Waals surface area contributed by atoms with E-state index in [4.69, 9.17) is 4.52 Å². The molecule has 6 nitrogen and oxygen atoms in total. The van der Waals surface area contributed by atoms with E-state index in [9.17, 15) is 8.78 Å². The molecular formula is C23H17F2N5O. The summed E-state index contributed by atoms with van der Waals surface area (Å²) in [6.07, 6.45) is 3.22. The predicted octanol–water partition coefficient (Wildman–Crippen LogP) is 5.04. The number of nitrogens with zero attached hydrogens (tertiary/aromatic N) is 5. The molecule has 0 radical (unpaired) electrons. The van der Waals surface area contributed by atoms with Gasteiger partial charge in [0.25, 0.3) is 0 Å². The number of benzene rings is 2. The summed E-state index contributed by atoms with van der Waals surface area (Å²) < 4.78 is 34.8. The number of halogens is 2. The molecule has 3 heterocycles. The van der Waals surface area contributed by atoms with Crippen LogP contribution in [0.3, 0.4) is 0 Å². The number of imidazole rings is 1. The Hall–Kier alpha value is -3.94. The second-order valence-electron chi connectivity index (χ2n) is 7.34. The van der Waals surface area contributed by atoms with Gasteiger partial charge in [0.1, 0.15) is 23.6 Å². The van der Waals surface area contributed by atoms with Gasteiger partial charge >= 0.3 is 0 Å². The lowest BCUT2D eigenvalue weighted by Crippen LogP contribution is -2.04. The smallest absolute Gasteiger partial charge is 0.169 e. The summed E-state index contributed by atoms with van der Waals surface area (Å²) in [4.78, 5) is 8.61. The van der Waals surface area contributed by atoms with Crippen molar-refractivity contribution < 1.29 is 13.3 Å². The van der Waals surface area contributed by atoms with E-state index < -0.39 is 11.6 Å². The van der Waals surface area contributed by atoms with Crippen LogP contribution < -0.4 is 0 Å². The maximum atomic E-state index is 14.1. The van der Waals surface area contributed by atoms with Crippen LogP contribution in [0.1, 0.15) is 16.9 Å². The Labute approximate surface area is 176 Å².